The summed E-state index contributed by atoms with van der Waals surface area (Å²) in [5.74, 6) is 0.499. The van der Waals surface area contributed by atoms with E-state index >= 15 is 0 Å². The smallest absolute Gasteiger partial charge is 0.313 e. The molecule has 0 saturated heterocycles. The Hall–Kier alpha value is -1.82. The first-order valence-corrected chi connectivity index (χ1v) is 6.19. The number of rotatable bonds is 3. The van der Waals surface area contributed by atoms with Crippen LogP contribution in [-0.2, 0) is 6.54 Å². The second-order valence-electron chi connectivity index (χ2n) is 3.62. The number of benzene rings is 1. The van der Waals surface area contributed by atoms with Crippen LogP contribution in [0.5, 0.6) is 11.6 Å². The molecule has 0 spiro atoms. The van der Waals surface area contributed by atoms with Gasteiger partial charge in [0.25, 0.3) is 5.88 Å². The Kier molecular flexibility index (Phi) is 3.66. The molecule has 0 aliphatic carbocycles. The number of ether oxygens (including phenoxy) is 1. The van der Waals surface area contributed by atoms with Gasteiger partial charge in [0.1, 0.15) is 5.75 Å². The molecule has 1 aromatic heterocycles. The maximum absolute atomic E-state index is 11.9. The van der Waals surface area contributed by atoms with E-state index in [1.54, 1.807) is 24.4 Å². The van der Waals surface area contributed by atoms with Gasteiger partial charge in [-0.1, -0.05) is 0 Å². The van der Waals surface area contributed by atoms with Crippen molar-refractivity contribution in [3.05, 3.63) is 45.4 Å². The fourth-order valence-corrected chi connectivity index (χ4v) is 1.78. The molecule has 5 nitrogen and oxygen atoms in total. The molecule has 1 heterocycles. The third-order valence-corrected chi connectivity index (χ3v) is 3.04. The van der Waals surface area contributed by atoms with Gasteiger partial charge in [-0.25, -0.2) is 4.98 Å². The fraction of sp³-hybridized carbons (Fsp3) is 0.167. The highest BCUT2D eigenvalue weighted by atomic mass is 79.9. The van der Waals surface area contributed by atoms with E-state index in [-0.39, 0.29) is 11.4 Å². The lowest BCUT2D eigenvalue weighted by Gasteiger charge is -2.08. The first kappa shape index (κ1) is 12.6. The SMILES string of the molecule is CCn1ccnc(Oc2cc(N)ccc2Br)c1=O. The molecule has 0 atom stereocenters. The summed E-state index contributed by atoms with van der Waals surface area (Å²) in [5, 5.41) is 0. The van der Waals surface area contributed by atoms with Gasteiger partial charge in [0.05, 0.1) is 4.47 Å². The van der Waals surface area contributed by atoms with E-state index in [1.165, 1.54) is 10.8 Å². The summed E-state index contributed by atoms with van der Waals surface area (Å²) in [6.45, 7) is 2.44. The van der Waals surface area contributed by atoms with Gasteiger partial charge in [-0.3, -0.25) is 4.79 Å². The minimum absolute atomic E-state index is 0.0330. The zero-order valence-electron chi connectivity index (χ0n) is 9.76. The fourth-order valence-electron chi connectivity index (χ4n) is 1.45. The lowest BCUT2D eigenvalue weighted by Crippen LogP contribution is -2.20. The summed E-state index contributed by atoms with van der Waals surface area (Å²) in [6, 6.07) is 5.13. The first-order valence-electron chi connectivity index (χ1n) is 5.40. The summed E-state index contributed by atoms with van der Waals surface area (Å²) in [4.78, 5) is 15.9. The van der Waals surface area contributed by atoms with Gasteiger partial charge in [-0.2, -0.15) is 0 Å². The van der Waals surface area contributed by atoms with E-state index in [0.717, 1.165) is 0 Å². The summed E-state index contributed by atoms with van der Waals surface area (Å²) in [6.07, 6.45) is 3.14. The third-order valence-electron chi connectivity index (χ3n) is 2.38. The summed E-state index contributed by atoms with van der Waals surface area (Å²) in [5.41, 5.74) is 5.96. The molecule has 0 aliphatic rings. The number of anilines is 1. The molecular weight excluding hydrogens is 298 g/mol. The van der Waals surface area contributed by atoms with Crippen LogP contribution < -0.4 is 16.0 Å². The highest BCUT2D eigenvalue weighted by molar-refractivity contribution is 9.10. The second-order valence-corrected chi connectivity index (χ2v) is 4.47. The maximum atomic E-state index is 11.9. The molecule has 6 heteroatoms. The van der Waals surface area contributed by atoms with Gasteiger partial charge in [0, 0.05) is 30.7 Å². The molecule has 0 radical (unpaired) electrons. The standard InChI is InChI=1S/C12H12BrN3O2/c1-2-16-6-5-15-11(12(16)17)18-10-7-8(14)3-4-9(10)13/h3-7H,2,14H2,1H3. The number of nitrogen functional groups attached to an aromatic ring is 1. The van der Waals surface area contributed by atoms with Crippen molar-refractivity contribution >= 4 is 21.6 Å². The summed E-state index contributed by atoms with van der Waals surface area (Å²) >= 11 is 3.33. The van der Waals surface area contributed by atoms with Crippen LogP contribution >= 0.6 is 15.9 Å². The molecule has 2 aromatic rings. The topological polar surface area (TPSA) is 70.1 Å². The number of hydrogen-bond donors (Lipinski definition) is 1. The molecule has 2 rings (SSSR count). The van der Waals surface area contributed by atoms with Crippen LogP contribution in [0.3, 0.4) is 0 Å². The molecule has 0 unspecified atom stereocenters. The largest absolute Gasteiger partial charge is 0.433 e. The van der Waals surface area contributed by atoms with E-state index in [1.807, 2.05) is 6.92 Å². The normalized spacial score (nSPS) is 10.3. The van der Waals surface area contributed by atoms with Crippen molar-refractivity contribution in [2.45, 2.75) is 13.5 Å². The number of hydrogen-bond acceptors (Lipinski definition) is 4. The molecule has 0 aliphatic heterocycles. The number of aromatic nitrogens is 2. The van der Waals surface area contributed by atoms with Crippen molar-refractivity contribution in [2.24, 2.45) is 0 Å². The van der Waals surface area contributed by atoms with Gasteiger partial charge in [-0.05, 0) is 35.0 Å². The summed E-state index contributed by atoms with van der Waals surface area (Å²) < 4.78 is 7.72. The Balaban J connectivity index is 2.40. The van der Waals surface area contributed by atoms with Crippen LogP contribution in [-0.4, -0.2) is 9.55 Å². The van der Waals surface area contributed by atoms with Gasteiger partial charge in [0.15, 0.2) is 0 Å². The van der Waals surface area contributed by atoms with Crippen molar-refractivity contribution in [3.63, 3.8) is 0 Å². The van der Waals surface area contributed by atoms with Crippen LogP contribution in [0.4, 0.5) is 5.69 Å². The monoisotopic (exact) mass is 309 g/mol. The molecule has 18 heavy (non-hydrogen) atoms. The zero-order valence-corrected chi connectivity index (χ0v) is 11.3. The third kappa shape index (κ3) is 2.53. The highest BCUT2D eigenvalue weighted by Gasteiger charge is 2.09. The van der Waals surface area contributed by atoms with Crippen LogP contribution in [0.1, 0.15) is 6.92 Å². The van der Waals surface area contributed by atoms with Crippen molar-refractivity contribution in [2.75, 3.05) is 5.73 Å². The van der Waals surface area contributed by atoms with Crippen molar-refractivity contribution in [1.29, 1.82) is 0 Å². The van der Waals surface area contributed by atoms with Crippen molar-refractivity contribution in [3.8, 4) is 11.6 Å². The van der Waals surface area contributed by atoms with Crippen LogP contribution in [0.25, 0.3) is 0 Å². The average Bonchev–Trinajstić information content (AvgIpc) is 2.36. The number of halogens is 1. The molecule has 1 aromatic carbocycles. The van der Waals surface area contributed by atoms with Gasteiger partial charge < -0.3 is 15.0 Å². The van der Waals surface area contributed by atoms with E-state index in [0.29, 0.717) is 22.5 Å². The molecule has 0 saturated carbocycles. The maximum Gasteiger partial charge on any atom is 0.313 e. The van der Waals surface area contributed by atoms with Crippen molar-refractivity contribution < 1.29 is 4.74 Å². The Labute approximate surface area is 112 Å². The Bertz CT molecular complexity index is 625. The minimum atomic E-state index is -0.269. The molecule has 94 valence electrons. The van der Waals surface area contributed by atoms with Crippen molar-refractivity contribution in [1.82, 2.24) is 9.55 Å². The predicted molar refractivity (Wildman–Crippen MR) is 72.8 cm³/mol. The van der Waals surface area contributed by atoms with E-state index < -0.39 is 0 Å². The van der Waals surface area contributed by atoms with Crippen LogP contribution in [0.15, 0.2) is 39.9 Å². The Morgan fingerprint density at radius 1 is 1.50 bits per heavy atom. The lowest BCUT2D eigenvalue weighted by atomic mass is 10.3. The molecule has 0 bridgehead atoms. The van der Waals surface area contributed by atoms with Gasteiger partial charge in [0.2, 0.25) is 0 Å². The van der Waals surface area contributed by atoms with Crippen LogP contribution in [0, 0.1) is 0 Å². The molecule has 0 amide bonds. The van der Waals surface area contributed by atoms with Crippen LogP contribution in [0.2, 0.25) is 0 Å². The molecule has 0 fully saturated rings. The molecular formula is C12H12BrN3O2. The average molecular weight is 310 g/mol. The lowest BCUT2D eigenvalue weighted by molar-refractivity contribution is 0.443. The predicted octanol–water partition coefficient (Wildman–Crippen LogP) is 2.40. The van der Waals surface area contributed by atoms with E-state index in [4.69, 9.17) is 10.5 Å². The Morgan fingerprint density at radius 2 is 2.28 bits per heavy atom. The zero-order chi connectivity index (χ0) is 13.1. The Morgan fingerprint density at radius 3 is 3.00 bits per heavy atom. The quantitative estimate of drug-likeness (QED) is 0.884. The molecule has 2 N–H and O–H groups in total. The number of nitrogens with zero attached hydrogens (tertiary/aromatic N) is 2. The minimum Gasteiger partial charge on any atom is -0.433 e. The summed E-state index contributed by atoms with van der Waals surface area (Å²) in [7, 11) is 0. The number of nitrogens with two attached hydrogens (primary N) is 1. The van der Waals surface area contributed by atoms with Gasteiger partial charge >= 0.3 is 5.56 Å². The number of aryl methyl sites for hydroxylation is 1. The highest BCUT2D eigenvalue weighted by Crippen LogP contribution is 2.29. The second kappa shape index (κ2) is 5.22. The van der Waals surface area contributed by atoms with E-state index in [9.17, 15) is 4.79 Å². The first-order chi connectivity index (χ1) is 8.61. The van der Waals surface area contributed by atoms with E-state index in [2.05, 4.69) is 20.9 Å². The van der Waals surface area contributed by atoms with Gasteiger partial charge in [-0.15, -0.1) is 0 Å².